The molecule has 146 valence electrons. The average Bonchev–Trinajstić information content (AvgIpc) is 2.70. The summed E-state index contributed by atoms with van der Waals surface area (Å²) in [6.45, 7) is 1.05. The van der Waals surface area contributed by atoms with Crippen LogP contribution in [0.1, 0.15) is 21.5 Å². The third-order valence-corrected chi connectivity index (χ3v) is 3.86. The number of carbonyl (C=O) groups is 2. The van der Waals surface area contributed by atoms with Gasteiger partial charge in [-0.05, 0) is 30.7 Å². The molecule has 2 aromatic rings. The van der Waals surface area contributed by atoms with Gasteiger partial charge in [0.05, 0.1) is 19.1 Å². The predicted octanol–water partition coefficient (Wildman–Crippen LogP) is 3.36. The van der Waals surface area contributed by atoms with Crippen LogP contribution in [0.3, 0.4) is 0 Å². The molecule has 0 radical (unpaired) electrons. The Labute approximate surface area is 161 Å². The smallest absolute Gasteiger partial charge is 0.331 e. The van der Waals surface area contributed by atoms with Gasteiger partial charge in [-0.15, -0.1) is 0 Å². The van der Waals surface area contributed by atoms with Gasteiger partial charge in [-0.1, -0.05) is 12.1 Å². The maximum Gasteiger partial charge on any atom is 0.331 e. The minimum absolute atomic E-state index is 0.103. The lowest BCUT2D eigenvalue weighted by Crippen LogP contribution is -2.13. The highest BCUT2D eigenvalue weighted by atomic mass is 16.6. The largest absolute Gasteiger partial charge is 0.497 e. The predicted molar refractivity (Wildman–Crippen MR) is 102 cm³/mol. The number of esters is 1. The number of ether oxygens (including phenoxy) is 3. The molecular formula is C20H19NO7. The number of rotatable bonds is 8. The van der Waals surface area contributed by atoms with E-state index in [0.29, 0.717) is 22.6 Å². The normalized spacial score (nSPS) is 10.5. The van der Waals surface area contributed by atoms with E-state index in [4.69, 9.17) is 14.2 Å². The van der Waals surface area contributed by atoms with Crippen molar-refractivity contribution in [3.8, 4) is 11.5 Å². The lowest BCUT2D eigenvalue weighted by molar-refractivity contribution is -0.385. The van der Waals surface area contributed by atoms with E-state index < -0.39 is 23.3 Å². The van der Waals surface area contributed by atoms with Gasteiger partial charge in [0.15, 0.2) is 6.61 Å². The second-order valence-electron chi connectivity index (χ2n) is 5.77. The summed E-state index contributed by atoms with van der Waals surface area (Å²) < 4.78 is 15.2. The monoisotopic (exact) mass is 385 g/mol. The summed E-state index contributed by atoms with van der Waals surface area (Å²) in [5.74, 6) is -0.142. The zero-order chi connectivity index (χ0) is 20.7. The molecule has 0 N–H and O–H groups in total. The average molecular weight is 385 g/mol. The van der Waals surface area contributed by atoms with E-state index in [9.17, 15) is 19.7 Å². The van der Waals surface area contributed by atoms with Crippen LogP contribution in [-0.4, -0.2) is 37.5 Å². The molecule has 0 saturated heterocycles. The lowest BCUT2D eigenvalue weighted by Gasteiger charge is -2.06. The molecule has 2 rings (SSSR count). The summed E-state index contributed by atoms with van der Waals surface area (Å²) in [4.78, 5) is 34.4. The van der Waals surface area contributed by atoms with Crippen molar-refractivity contribution in [2.45, 2.75) is 6.92 Å². The van der Waals surface area contributed by atoms with Gasteiger partial charge in [0.1, 0.15) is 11.5 Å². The number of nitro groups is 1. The molecule has 8 heteroatoms. The minimum atomic E-state index is -0.725. The molecule has 0 saturated carbocycles. The SMILES string of the molecule is COc1cc(/C=C/C(=O)OCC(=O)c2ccc(C)c([N+](=O)[O-])c2)cc(OC)c1. The quantitative estimate of drug-likeness (QED) is 0.225. The number of ketones is 1. The van der Waals surface area contributed by atoms with Gasteiger partial charge in [0, 0.05) is 29.3 Å². The number of aryl methyl sites for hydroxylation is 1. The highest BCUT2D eigenvalue weighted by Crippen LogP contribution is 2.23. The highest BCUT2D eigenvalue weighted by molar-refractivity contribution is 5.99. The summed E-state index contributed by atoms with van der Waals surface area (Å²) in [7, 11) is 3.02. The van der Waals surface area contributed by atoms with Gasteiger partial charge in [0.2, 0.25) is 5.78 Å². The first kappa shape index (κ1) is 20.6. The molecular weight excluding hydrogens is 366 g/mol. The molecule has 0 fully saturated rings. The van der Waals surface area contributed by atoms with Crippen LogP contribution >= 0.6 is 0 Å². The Balaban J connectivity index is 2.00. The number of methoxy groups -OCH3 is 2. The molecule has 0 amide bonds. The molecule has 8 nitrogen and oxygen atoms in total. The van der Waals surface area contributed by atoms with E-state index in [1.165, 1.54) is 44.6 Å². The van der Waals surface area contributed by atoms with E-state index in [0.717, 1.165) is 0 Å². The molecule has 0 aliphatic rings. The molecule has 2 aromatic carbocycles. The van der Waals surface area contributed by atoms with Crippen LogP contribution in [0.25, 0.3) is 6.08 Å². The topological polar surface area (TPSA) is 105 Å². The molecule has 0 aliphatic carbocycles. The molecule has 0 aliphatic heterocycles. The third kappa shape index (κ3) is 5.41. The second-order valence-corrected chi connectivity index (χ2v) is 5.77. The van der Waals surface area contributed by atoms with Crippen LogP contribution < -0.4 is 9.47 Å². The van der Waals surface area contributed by atoms with E-state index in [-0.39, 0.29) is 11.3 Å². The number of nitrogens with zero attached hydrogens (tertiary/aromatic N) is 1. The Morgan fingerprint density at radius 2 is 1.71 bits per heavy atom. The van der Waals surface area contributed by atoms with Crippen molar-refractivity contribution < 1.29 is 28.7 Å². The fourth-order valence-electron chi connectivity index (χ4n) is 2.34. The molecule has 0 bridgehead atoms. The Morgan fingerprint density at radius 3 is 2.29 bits per heavy atom. The Kier molecular flexibility index (Phi) is 6.86. The van der Waals surface area contributed by atoms with E-state index >= 15 is 0 Å². The number of hydrogen-bond acceptors (Lipinski definition) is 7. The zero-order valence-corrected chi connectivity index (χ0v) is 15.6. The van der Waals surface area contributed by atoms with Crippen LogP contribution in [0.2, 0.25) is 0 Å². The Morgan fingerprint density at radius 1 is 1.07 bits per heavy atom. The van der Waals surface area contributed by atoms with Crippen molar-refractivity contribution in [1.82, 2.24) is 0 Å². The summed E-state index contributed by atoms with van der Waals surface area (Å²) in [5.41, 5.74) is 1.03. The fraction of sp³-hybridized carbons (Fsp3) is 0.200. The molecule has 0 heterocycles. The first-order valence-electron chi connectivity index (χ1n) is 8.20. The first-order valence-corrected chi connectivity index (χ1v) is 8.20. The number of carbonyl (C=O) groups excluding carboxylic acids is 2. The highest BCUT2D eigenvalue weighted by Gasteiger charge is 2.16. The molecule has 0 atom stereocenters. The standard InChI is InChI=1S/C20H19NO7/c1-13-4-6-15(10-18(13)21(24)25)19(22)12-28-20(23)7-5-14-8-16(26-2)11-17(9-14)27-3/h4-11H,12H2,1-3H3/b7-5+. The summed E-state index contributed by atoms with van der Waals surface area (Å²) in [6.07, 6.45) is 2.66. The molecule has 28 heavy (non-hydrogen) atoms. The second kappa shape index (κ2) is 9.31. The number of Topliss-reactive ketones (excluding diaryl/α,β-unsaturated/α-hetero) is 1. The van der Waals surface area contributed by atoms with Gasteiger partial charge < -0.3 is 14.2 Å². The van der Waals surface area contributed by atoms with Crippen LogP contribution in [0.15, 0.2) is 42.5 Å². The third-order valence-electron chi connectivity index (χ3n) is 3.86. The van der Waals surface area contributed by atoms with E-state index in [1.54, 1.807) is 25.1 Å². The summed E-state index contributed by atoms with van der Waals surface area (Å²) in [5, 5.41) is 11.0. The van der Waals surface area contributed by atoms with Crippen molar-refractivity contribution in [1.29, 1.82) is 0 Å². The van der Waals surface area contributed by atoms with Crippen molar-refractivity contribution in [3.05, 3.63) is 69.3 Å². The van der Waals surface area contributed by atoms with E-state index in [2.05, 4.69) is 0 Å². The number of nitro benzene ring substituents is 1. The number of benzene rings is 2. The molecule has 0 unspecified atom stereocenters. The lowest BCUT2D eigenvalue weighted by atomic mass is 10.1. The maximum absolute atomic E-state index is 12.1. The van der Waals surface area contributed by atoms with Gasteiger partial charge in [-0.2, -0.15) is 0 Å². The van der Waals surface area contributed by atoms with Crippen LogP contribution in [0.5, 0.6) is 11.5 Å². The van der Waals surface area contributed by atoms with Crippen LogP contribution in [-0.2, 0) is 9.53 Å². The molecule has 0 aromatic heterocycles. The van der Waals surface area contributed by atoms with Crippen molar-refractivity contribution >= 4 is 23.5 Å². The van der Waals surface area contributed by atoms with Crippen LogP contribution in [0, 0.1) is 17.0 Å². The van der Waals surface area contributed by atoms with Gasteiger partial charge in [0.25, 0.3) is 5.69 Å². The van der Waals surface area contributed by atoms with Crippen molar-refractivity contribution in [2.24, 2.45) is 0 Å². The summed E-state index contributed by atoms with van der Waals surface area (Å²) in [6, 6.07) is 9.19. The van der Waals surface area contributed by atoms with E-state index in [1.807, 2.05) is 0 Å². The maximum atomic E-state index is 12.1. The number of hydrogen-bond donors (Lipinski definition) is 0. The fourth-order valence-corrected chi connectivity index (χ4v) is 2.34. The van der Waals surface area contributed by atoms with Crippen molar-refractivity contribution in [2.75, 3.05) is 20.8 Å². The van der Waals surface area contributed by atoms with Crippen LogP contribution in [0.4, 0.5) is 5.69 Å². The Bertz CT molecular complexity index is 912. The van der Waals surface area contributed by atoms with Gasteiger partial charge >= 0.3 is 5.97 Å². The zero-order valence-electron chi connectivity index (χ0n) is 15.6. The van der Waals surface area contributed by atoms with Gasteiger partial charge in [-0.25, -0.2) is 4.79 Å². The van der Waals surface area contributed by atoms with Crippen molar-refractivity contribution in [3.63, 3.8) is 0 Å². The minimum Gasteiger partial charge on any atom is -0.497 e. The Hall–Kier alpha value is -3.68. The summed E-state index contributed by atoms with van der Waals surface area (Å²) >= 11 is 0. The first-order chi connectivity index (χ1) is 13.3. The van der Waals surface area contributed by atoms with Gasteiger partial charge in [-0.3, -0.25) is 14.9 Å². The molecule has 0 spiro atoms.